The van der Waals surface area contributed by atoms with Crippen LogP contribution in [0.15, 0.2) is 23.0 Å². The molecule has 1 aromatic heterocycles. The second kappa shape index (κ2) is 7.97. The Bertz CT molecular complexity index is 978. The summed E-state index contributed by atoms with van der Waals surface area (Å²) >= 11 is 5.41. The maximum atomic E-state index is 12.6. The Kier molecular flexibility index (Phi) is 5.41. The first-order chi connectivity index (χ1) is 13.5. The number of phenols is 2. The van der Waals surface area contributed by atoms with E-state index in [0.717, 1.165) is 23.6 Å². The molecular formula is C20H26N4O3S. The van der Waals surface area contributed by atoms with Crippen LogP contribution in [0.25, 0.3) is 0 Å². The third kappa shape index (κ3) is 3.79. The SMILES string of the molecule is O=c1[nH]c(=S)n(CCc2ccc(O)c(O)c2)c2c1CN(C1CCCCC1)CN2. The molecule has 4 N–H and O–H groups in total. The lowest BCUT2D eigenvalue weighted by Gasteiger charge is -2.38. The number of hydrogen-bond donors (Lipinski definition) is 4. The van der Waals surface area contributed by atoms with Crippen molar-refractivity contribution in [1.29, 1.82) is 0 Å². The highest BCUT2D eigenvalue weighted by atomic mass is 32.1. The van der Waals surface area contributed by atoms with Crippen LogP contribution in [0.2, 0.25) is 0 Å². The fourth-order valence-corrected chi connectivity index (χ4v) is 4.55. The first kappa shape index (κ1) is 19.0. The zero-order valence-corrected chi connectivity index (χ0v) is 16.6. The molecule has 150 valence electrons. The van der Waals surface area contributed by atoms with E-state index in [1.54, 1.807) is 12.1 Å². The second-order valence-electron chi connectivity index (χ2n) is 7.68. The molecule has 1 aromatic carbocycles. The summed E-state index contributed by atoms with van der Waals surface area (Å²) in [5.74, 6) is 0.529. The van der Waals surface area contributed by atoms with E-state index < -0.39 is 0 Å². The number of fused-ring (bicyclic) bond motifs is 1. The number of hydrogen-bond acceptors (Lipinski definition) is 6. The van der Waals surface area contributed by atoms with Crippen molar-refractivity contribution in [3.8, 4) is 11.5 Å². The fraction of sp³-hybridized carbons (Fsp3) is 0.500. The van der Waals surface area contributed by atoms with Crippen molar-refractivity contribution in [2.45, 2.75) is 57.7 Å². The van der Waals surface area contributed by atoms with Crippen LogP contribution < -0.4 is 10.9 Å². The van der Waals surface area contributed by atoms with Crippen LogP contribution in [0.1, 0.15) is 43.2 Å². The highest BCUT2D eigenvalue weighted by Gasteiger charge is 2.27. The first-order valence-corrected chi connectivity index (χ1v) is 10.3. The van der Waals surface area contributed by atoms with E-state index in [1.807, 2.05) is 4.57 Å². The summed E-state index contributed by atoms with van der Waals surface area (Å²) in [5.41, 5.74) is 1.50. The molecule has 0 radical (unpaired) electrons. The van der Waals surface area contributed by atoms with Crippen LogP contribution in [0, 0.1) is 4.77 Å². The Hall–Kier alpha value is -2.32. The predicted molar refractivity (Wildman–Crippen MR) is 110 cm³/mol. The third-order valence-electron chi connectivity index (χ3n) is 5.86. The molecule has 2 aromatic rings. The molecular weight excluding hydrogens is 376 g/mol. The van der Waals surface area contributed by atoms with Gasteiger partial charge in [-0.05, 0) is 49.2 Å². The number of anilines is 1. The summed E-state index contributed by atoms with van der Waals surface area (Å²) in [6, 6.07) is 5.34. The minimum Gasteiger partial charge on any atom is -0.504 e. The van der Waals surface area contributed by atoms with E-state index in [1.165, 1.54) is 38.2 Å². The van der Waals surface area contributed by atoms with Gasteiger partial charge in [0.05, 0.1) is 12.2 Å². The Balaban J connectivity index is 1.56. The molecule has 2 aliphatic rings. The van der Waals surface area contributed by atoms with Crippen LogP contribution >= 0.6 is 12.2 Å². The normalized spacial score (nSPS) is 17.9. The Morgan fingerprint density at radius 2 is 1.93 bits per heavy atom. The zero-order valence-electron chi connectivity index (χ0n) is 15.8. The number of aryl methyl sites for hydroxylation is 1. The van der Waals surface area contributed by atoms with E-state index in [-0.39, 0.29) is 17.1 Å². The van der Waals surface area contributed by atoms with Crippen LogP contribution in [0.4, 0.5) is 5.82 Å². The number of nitrogens with zero attached hydrogens (tertiary/aromatic N) is 2. The number of aromatic nitrogens is 2. The summed E-state index contributed by atoms with van der Waals surface area (Å²) < 4.78 is 2.32. The predicted octanol–water partition coefficient (Wildman–Crippen LogP) is 3.08. The molecule has 0 saturated heterocycles. The summed E-state index contributed by atoms with van der Waals surface area (Å²) in [5, 5.41) is 22.6. The Morgan fingerprint density at radius 1 is 1.14 bits per heavy atom. The van der Waals surface area contributed by atoms with Gasteiger partial charge < -0.3 is 20.1 Å². The molecule has 1 saturated carbocycles. The van der Waals surface area contributed by atoms with E-state index >= 15 is 0 Å². The third-order valence-corrected chi connectivity index (χ3v) is 6.18. The van der Waals surface area contributed by atoms with Gasteiger partial charge in [-0.2, -0.15) is 0 Å². The minimum atomic E-state index is -0.133. The number of H-pyrrole nitrogens is 1. The molecule has 0 amide bonds. The molecule has 0 atom stereocenters. The van der Waals surface area contributed by atoms with Crippen LogP contribution in [-0.2, 0) is 19.5 Å². The topological polar surface area (TPSA) is 93.5 Å². The molecule has 1 aliphatic carbocycles. The van der Waals surface area contributed by atoms with E-state index in [4.69, 9.17) is 12.2 Å². The molecule has 1 fully saturated rings. The quantitative estimate of drug-likeness (QED) is 0.464. The summed E-state index contributed by atoms with van der Waals surface area (Å²) in [4.78, 5) is 17.7. The Labute approximate surface area is 168 Å². The van der Waals surface area contributed by atoms with E-state index in [9.17, 15) is 15.0 Å². The standard InChI is InChI=1S/C20H26N4O3S/c25-16-7-6-13(10-17(16)26)8-9-24-18-15(19(27)22-20(24)28)11-23(12-21-18)14-4-2-1-3-5-14/h6-7,10,14,21,25-26H,1-5,8-9,11-12H2,(H,22,27,28). The monoisotopic (exact) mass is 402 g/mol. The number of aromatic amines is 1. The first-order valence-electron chi connectivity index (χ1n) is 9.87. The van der Waals surface area contributed by atoms with Crippen molar-refractivity contribution in [2.24, 2.45) is 0 Å². The summed E-state index contributed by atoms with van der Waals surface area (Å²) in [6.45, 7) is 1.92. The van der Waals surface area contributed by atoms with Gasteiger partial charge in [0, 0.05) is 19.1 Å². The fourth-order valence-electron chi connectivity index (χ4n) is 4.28. The van der Waals surface area contributed by atoms with Crippen molar-refractivity contribution >= 4 is 18.0 Å². The van der Waals surface area contributed by atoms with Gasteiger partial charge in [-0.3, -0.25) is 14.7 Å². The van der Waals surface area contributed by atoms with Gasteiger partial charge in [0.15, 0.2) is 16.3 Å². The molecule has 4 rings (SSSR count). The van der Waals surface area contributed by atoms with Crippen molar-refractivity contribution in [3.05, 3.63) is 44.5 Å². The second-order valence-corrected chi connectivity index (χ2v) is 8.07. The summed E-state index contributed by atoms with van der Waals surface area (Å²) in [7, 11) is 0. The lowest BCUT2D eigenvalue weighted by Crippen LogP contribution is -2.45. The van der Waals surface area contributed by atoms with E-state index in [0.29, 0.717) is 30.3 Å². The molecule has 0 unspecified atom stereocenters. The summed E-state index contributed by atoms with van der Waals surface area (Å²) in [6.07, 6.45) is 6.83. The smallest absolute Gasteiger partial charge is 0.258 e. The van der Waals surface area contributed by atoms with Crippen LogP contribution in [-0.4, -0.2) is 37.4 Å². The van der Waals surface area contributed by atoms with E-state index in [2.05, 4.69) is 15.2 Å². The largest absolute Gasteiger partial charge is 0.504 e. The van der Waals surface area contributed by atoms with Crippen molar-refractivity contribution < 1.29 is 10.2 Å². The van der Waals surface area contributed by atoms with Gasteiger partial charge in [0.1, 0.15) is 5.82 Å². The molecule has 7 nitrogen and oxygen atoms in total. The molecule has 8 heteroatoms. The lowest BCUT2D eigenvalue weighted by molar-refractivity contribution is 0.152. The highest BCUT2D eigenvalue weighted by Crippen LogP contribution is 2.28. The minimum absolute atomic E-state index is 0.119. The van der Waals surface area contributed by atoms with Crippen molar-refractivity contribution in [3.63, 3.8) is 0 Å². The lowest BCUT2D eigenvalue weighted by atomic mass is 9.94. The van der Waals surface area contributed by atoms with Gasteiger partial charge in [-0.25, -0.2) is 0 Å². The van der Waals surface area contributed by atoms with Gasteiger partial charge in [0.2, 0.25) is 0 Å². The van der Waals surface area contributed by atoms with Crippen LogP contribution in [0.5, 0.6) is 11.5 Å². The van der Waals surface area contributed by atoms with Crippen molar-refractivity contribution in [1.82, 2.24) is 14.5 Å². The zero-order chi connectivity index (χ0) is 19.7. The number of phenolic OH excluding ortho intramolecular Hbond substituents is 2. The molecule has 2 heterocycles. The number of rotatable bonds is 4. The van der Waals surface area contributed by atoms with Gasteiger partial charge in [-0.15, -0.1) is 0 Å². The van der Waals surface area contributed by atoms with Gasteiger partial charge in [0.25, 0.3) is 5.56 Å². The highest BCUT2D eigenvalue weighted by molar-refractivity contribution is 7.71. The number of aromatic hydroxyl groups is 2. The van der Waals surface area contributed by atoms with Crippen molar-refractivity contribution in [2.75, 3.05) is 12.0 Å². The number of benzene rings is 1. The molecule has 1 aliphatic heterocycles. The maximum Gasteiger partial charge on any atom is 0.258 e. The van der Waals surface area contributed by atoms with Gasteiger partial charge in [-0.1, -0.05) is 25.3 Å². The Morgan fingerprint density at radius 3 is 2.68 bits per heavy atom. The molecule has 28 heavy (non-hydrogen) atoms. The maximum absolute atomic E-state index is 12.6. The molecule has 0 bridgehead atoms. The average Bonchev–Trinajstić information content (AvgIpc) is 2.71. The average molecular weight is 403 g/mol. The number of nitrogens with one attached hydrogen (secondary N) is 2. The van der Waals surface area contributed by atoms with Gasteiger partial charge >= 0.3 is 0 Å². The molecule has 0 spiro atoms. The van der Waals surface area contributed by atoms with Crippen LogP contribution in [0.3, 0.4) is 0 Å².